The van der Waals surface area contributed by atoms with E-state index in [1.165, 1.54) is 0 Å². The highest BCUT2D eigenvalue weighted by molar-refractivity contribution is 6.09. The molecule has 0 unspecified atom stereocenters. The van der Waals surface area contributed by atoms with Crippen LogP contribution in [-0.2, 0) is 11.2 Å². The van der Waals surface area contributed by atoms with Gasteiger partial charge in [0.1, 0.15) is 17.4 Å². The summed E-state index contributed by atoms with van der Waals surface area (Å²) in [5.41, 5.74) is 4.49. The number of carbonyl (C=O) groups excluding carboxylic acids is 1. The molecule has 24 heavy (non-hydrogen) atoms. The van der Waals surface area contributed by atoms with Crippen LogP contribution in [0.2, 0.25) is 0 Å². The van der Waals surface area contributed by atoms with Crippen LogP contribution in [0.3, 0.4) is 0 Å². The maximum atomic E-state index is 14.4. The molecule has 2 fully saturated rings. The summed E-state index contributed by atoms with van der Waals surface area (Å²) >= 11 is 0. The Morgan fingerprint density at radius 2 is 2.08 bits per heavy atom. The van der Waals surface area contributed by atoms with E-state index in [1.54, 1.807) is 6.92 Å². The summed E-state index contributed by atoms with van der Waals surface area (Å²) in [6, 6.07) is 0. The highest BCUT2D eigenvalue weighted by Crippen LogP contribution is 2.40. The number of nitrogens with one attached hydrogen (secondary N) is 1. The van der Waals surface area contributed by atoms with Gasteiger partial charge in [0.15, 0.2) is 5.67 Å². The van der Waals surface area contributed by atoms with E-state index in [0.29, 0.717) is 22.8 Å². The summed E-state index contributed by atoms with van der Waals surface area (Å²) in [5.74, 6) is 0.588. The molecule has 3 N–H and O–H groups in total. The van der Waals surface area contributed by atoms with Crippen LogP contribution in [-0.4, -0.2) is 40.3 Å². The molecule has 0 atom stereocenters. The maximum absolute atomic E-state index is 14.4. The van der Waals surface area contributed by atoms with E-state index in [1.807, 2.05) is 0 Å². The number of carbonyl (C=O) groups is 1. The van der Waals surface area contributed by atoms with Crippen molar-refractivity contribution in [2.75, 3.05) is 18.5 Å². The zero-order valence-corrected chi connectivity index (χ0v) is 13.6. The maximum Gasteiger partial charge on any atom is 0.253 e. The van der Waals surface area contributed by atoms with Gasteiger partial charge in [-0.2, -0.15) is 4.98 Å². The van der Waals surface area contributed by atoms with E-state index in [4.69, 9.17) is 14.9 Å². The summed E-state index contributed by atoms with van der Waals surface area (Å²) < 4.78 is 24.9. The first-order valence-corrected chi connectivity index (χ1v) is 7.93. The van der Waals surface area contributed by atoms with E-state index in [-0.39, 0.29) is 36.5 Å². The SMILES string of the molecule is Cc1oc2nc(CC3(F)COC3)nc(NC3(C)CC3)c2c1C(N)=O. The van der Waals surface area contributed by atoms with E-state index in [2.05, 4.69) is 22.2 Å². The quantitative estimate of drug-likeness (QED) is 0.865. The Labute approximate surface area is 137 Å². The van der Waals surface area contributed by atoms with Crippen LogP contribution in [0.1, 0.15) is 41.7 Å². The molecule has 0 aromatic carbocycles. The number of ether oxygens (including phenoxy) is 1. The average molecular weight is 334 g/mol. The van der Waals surface area contributed by atoms with Gasteiger partial charge < -0.3 is 20.2 Å². The second-order valence-electron chi connectivity index (χ2n) is 7.07. The summed E-state index contributed by atoms with van der Waals surface area (Å²) in [4.78, 5) is 20.6. The number of primary amides is 1. The van der Waals surface area contributed by atoms with Crippen molar-refractivity contribution in [2.24, 2.45) is 5.73 Å². The number of amides is 1. The number of aromatic nitrogens is 2. The number of nitrogens with zero attached hydrogens (tertiary/aromatic N) is 2. The van der Waals surface area contributed by atoms with E-state index in [9.17, 15) is 9.18 Å². The fourth-order valence-corrected chi connectivity index (χ4v) is 2.93. The normalized spacial score (nSPS) is 20.6. The number of rotatable bonds is 5. The third kappa shape index (κ3) is 2.50. The highest BCUT2D eigenvalue weighted by Gasteiger charge is 2.41. The molecule has 0 spiro atoms. The first kappa shape index (κ1) is 15.3. The third-order valence-corrected chi connectivity index (χ3v) is 4.64. The lowest BCUT2D eigenvalue weighted by Gasteiger charge is -2.33. The monoisotopic (exact) mass is 334 g/mol. The minimum Gasteiger partial charge on any atom is -0.442 e. The summed E-state index contributed by atoms with van der Waals surface area (Å²) in [6.07, 6.45) is 2.04. The van der Waals surface area contributed by atoms with Crippen LogP contribution in [0.25, 0.3) is 11.1 Å². The van der Waals surface area contributed by atoms with Crippen molar-refractivity contribution in [1.29, 1.82) is 0 Å². The number of fused-ring (bicyclic) bond motifs is 1. The first-order chi connectivity index (χ1) is 11.3. The molecule has 128 valence electrons. The summed E-state index contributed by atoms with van der Waals surface area (Å²) in [7, 11) is 0. The molecule has 1 saturated heterocycles. The summed E-state index contributed by atoms with van der Waals surface area (Å²) in [5, 5.41) is 3.80. The predicted octanol–water partition coefficient (Wildman–Crippen LogP) is 1.88. The number of aryl methyl sites for hydroxylation is 1. The molecule has 2 aromatic heterocycles. The van der Waals surface area contributed by atoms with Crippen molar-refractivity contribution in [3.05, 3.63) is 17.1 Å². The van der Waals surface area contributed by atoms with Gasteiger partial charge in [0, 0.05) is 12.0 Å². The van der Waals surface area contributed by atoms with Gasteiger partial charge in [-0.05, 0) is 26.7 Å². The van der Waals surface area contributed by atoms with Gasteiger partial charge in [-0.3, -0.25) is 4.79 Å². The van der Waals surface area contributed by atoms with Crippen molar-refractivity contribution in [2.45, 2.75) is 44.3 Å². The molecule has 1 amide bonds. The Bertz CT molecular complexity index is 839. The molecule has 1 aliphatic heterocycles. The number of hydrogen-bond donors (Lipinski definition) is 2. The van der Waals surface area contributed by atoms with Gasteiger partial charge in [0.2, 0.25) is 5.71 Å². The second-order valence-corrected chi connectivity index (χ2v) is 7.07. The molecule has 2 aliphatic rings. The Balaban J connectivity index is 1.83. The third-order valence-electron chi connectivity index (χ3n) is 4.64. The van der Waals surface area contributed by atoms with Crippen molar-refractivity contribution < 1.29 is 18.3 Å². The van der Waals surface area contributed by atoms with E-state index < -0.39 is 11.6 Å². The number of nitrogens with two attached hydrogens (primary N) is 1. The van der Waals surface area contributed by atoms with Crippen molar-refractivity contribution in [3.63, 3.8) is 0 Å². The van der Waals surface area contributed by atoms with E-state index >= 15 is 0 Å². The van der Waals surface area contributed by atoms with Crippen molar-refractivity contribution in [1.82, 2.24) is 9.97 Å². The van der Waals surface area contributed by atoms with Gasteiger partial charge in [-0.25, -0.2) is 9.37 Å². The number of furan rings is 1. The predicted molar refractivity (Wildman–Crippen MR) is 84.7 cm³/mol. The molecular weight excluding hydrogens is 315 g/mol. The largest absolute Gasteiger partial charge is 0.442 e. The van der Waals surface area contributed by atoms with Gasteiger partial charge in [0.05, 0.1) is 24.2 Å². The molecule has 8 heteroatoms. The summed E-state index contributed by atoms with van der Waals surface area (Å²) in [6.45, 7) is 3.80. The Morgan fingerprint density at radius 1 is 1.38 bits per heavy atom. The van der Waals surface area contributed by atoms with Crippen LogP contribution >= 0.6 is 0 Å². The lowest BCUT2D eigenvalue weighted by atomic mass is 10.00. The van der Waals surface area contributed by atoms with Gasteiger partial charge >= 0.3 is 0 Å². The van der Waals surface area contributed by atoms with Gasteiger partial charge in [-0.1, -0.05) is 0 Å². The standard InChI is InChI=1S/C16H19FN4O3/c1-8-10(12(18)22)11-13(21-15(2)3-4-15)19-9(20-14(11)24-8)5-16(17)6-23-7-16/h3-7H2,1-2H3,(H2,18,22)(H,19,20,21). The fourth-order valence-electron chi connectivity index (χ4n) is 2.93. The minimum absolute atomic E-state index is 0.0403. The molecule has 3 heterocycles. The molecule has 2 aromatic rings. The van der Waals surface area contributed by atoms with Crippen LogP contribution in [0.4, 0.5) is 10.2 Å². The zero-order valence-electron chi connectivity index (χ0n) is 13.6. The highest BCUT2D eigenvalue weighted by atomic mass is 19.1. The van der Waals surface area contributed by atoms with E-state index in [0.717, 1.165) is 12.8 Å². The first-order valence-electron chi connectivity index (χ1n) is 7.93. The van der Waals surface area contributed by atoms with Crippen molar-refractivity contribution >= 4 is 22.8 Å². The molecular formula is C16H19FN4O3. The zero-order chi connectivity index (χ0) is 17.1. The lowest BCUT2D eigenvalue weighted by Crippen LogP contribution is -2.47. The lowest BCUT2D eigenvalue weighted by molar-refractivity contribution is -0.129. The molecule has 1 saturated carbocycles. The minimum atomic E-state index is -1.44. The Morgan fingerprint density at radius 3 is 2.62 bits per heavy atom. The van der Waals surface area contributed by atoms with Gasteiger partial charge in [-0.15, -0.1) is 0 Å². The van der Waals surface area contributed by atoms with Crippen LogP contribution in [0.5, 0.6) is 0 Å². The molecule has 4 rings (SSSR count). The fraction of sp³-hybridized carbons (Fsp3) is 0.562. The van der Waals surface area contributed by atoms with Crippen LogP contribution < -0.4 is 11.1 Å². The number of anilines is 1. The smallest absolute Gasteiger partial charge is 0.253 e. The molecule has 0 radical (unpaired) electrons. The van der Waals surface area contributed by atoms with Crippen LogP contribution in [0.15, 0.2) is 4.42 Å². The number of halogens is 1. The van der Waals surface area contributed by atoms with Gasteiger partial charge in [0.25, 0.3) is 5.91 Å². The number of alkyl halides is 1. The molecule has 0 bridgehead atoms. The molecule has 1 aliphatic carbocycles. The Kier molecular flexibility index (Phi) is 3.12. The average Bonchev–Trinajstić information content (AvgIpc) is 3.06. The number of hydrogen-bond acceptors (Lipinski definition) is 6. The van der Waals surface area contributed by atoms with Crippen LogP contribution in [0, 0.1) is 6.92 Å². The topological polar surface area (TPSA) is 103 Å². The Hall–Kier alpha value is -2.22. The second kappa shape index (κ2) is 4.89. The van der Waals surface area contributed by atoms with Crippen molar-refractivity contribution in [3.8, 4) is 0 Å². The molecule has 7 nitrogen and oxygen atoms in total.